The fraction of sp³-hybridized carbons (Fsp3) is 0.429. The number of methoxy groups -OCH3 is 1. The summed E-state index contributed by atoms with van der Waals surface area (Å²) >= 11 is 0. The summed E-state index contributed by atoms with van der Waals surface area (Å²) in [4.78, 5) is 2.40. The number of ether oxygens (including phenoxy) is 1. The van der Waals surface area contributed by atoms with Crippen molar-refractivity contribution in [1.29, 1.82) is 0 Å². The van der Waals surface area contributed by atoms with Crippen LogP contribution in [-0.4, -0.2) is 36.3 Å². The Morgan fingerprint density at radius 1 is 0.958 bits per heavy atom. The number of aliphatic hydroxyl groups excluding tert-OH is 1. The van der Waals surface area contributed by atoms with Crippen molar-refractivity contribution in [2.24, 2.45) is 0 Å². The van der Waals surface area contributed by atoms with Crippen LogP contribution >= 0.6 is 0 Å². The van der Waals surface area contributed by atoms with Gasteiger partial charge in [-0.05, 0) is 61.1 Å². The topological polar surface area (TPSA) is 32.7 Å². The first-order valence-corrected chi connectivity index (χ1v) is 8.84. The first-order chi connectivity index (χ1) is 11.8. The molecular weight excluding hydrogens is 298 g/mol. The van der Waals surface area contributed by atoms with Gasteiger partial charge in [0.2, 0.25) is 0 Å². The standard InChI is InChI=1S/C21H27NO2/c1-24-21-12-10-18(11-13-21)5-4-17-6-8-19(9-7-17)15-22-14-2-3-20(22)16-23/h6-13,20,23H,2-5,14-16H2,1H3/t20-/m1/s1. The Morgan fingerprint density at radius 2 is 1.54 bits per heavy atom. The minimum Gasteiger partial charge on any atom is -0.497 e. The molecule has 1 aliphatic heterocycles. The molecule has 0 radical (unpaired) electrons. The molecule has 0 bridgehead atoms. The molecule has 1 heterocycles. The zero-order chi connectivity index (χ0) is 16.8. The Hall–Kier alpha value is -1.84. The van der Waals surface area contributed by atoms with Gasteiger partial charge < -0.3 is 9.84 Å². The second-order valence-corrected chi connectivity index (χ2v) is 6.61. The molecule has 1 aliphatic rings. The predicted octanol–water partition coefficient (Wildman–Crippen LogP) is 3.44. The van der Waals surface area contributed by atoms with Crippen molar-refractivity contribution in [3.8, 4) is 5.75 Å². The van der Waals surface area contributed by atoms with Crippen molar-refractivity contribution in [1.82, 2.24) is 4.90 Å². The third-order valence-corrected chi connectivity index (χ3v) is 4.98. The van der Waals surface area contributed by atoms with Crippen LogP contribution in [0.4, 0.5) is 0 Å². The van der Waals surface area contributed by atoms with Crippen molar-refractivity contribution < 1.29 is 9.84 Å². The molecule has 2 aromatic rings. The number of hydrogen-bond donors (Lipinski definition) is 1. The number of nitrogens with zero attached hydrogens (tertiary/aromatic N) is 1. The van der Waals surface area contributed by atoms with Gasteiger partial charge in [-0.25, -0.2) is 0 Å². The van der Waals surface area contributed by atoms with Crippen molar-refractivity contribution in [2.75, 3.05) is 20.3 Å². The van der Waals surface area contributed by atoms with Crippen molar-refractivity contribution in [2.45, 2.75) is 38.3 Å². The lowest BCUT2D eigenvalue weighted by Crippen LogP contribution is -2.31. The Labute approximate surface area is 144 Å². The second-order valence-electron chi connectivity index (χ2n) is 6.61. The van der Waals surface area contributed by atoms with Gasteiger partial charge in [0.25, 0.3) is 0 Å². The molecule has 0 amide bonds. The Balaban J connectivity index is 1.52. The van der Waals surface area contributed by atoms with E-state index in [4.69, 9.17) is 4.74 Å². The molecule has 128 valence electrons. The molecule has 1 N–H and O–H groups in total. The van der Waals surface area contributed by atoms with E-state index in [2.05, 4.69) is 41.3 Å². The van der Waals surface area contributed by atoms with Gasteiger partial charge >= 0.3 is 0 Å². The normalized spacial score (nSPS) is 18.0. The van der Waals surface area contributed by atoms with Crippen LogP contribution in [0.5, 0.6) is 5.75 Å². The number of rotatable bonds is 7. The SMILES string of the molecule is COc1ccc(CCc2ccc(CN3CCC[C@@H]3CO)cc2)cc1. The monoisotopic (exact) mass is 325 g/mol. The van der Waals surface area contributed by atoms with E-state index in [1.165, 1.54) is 23.1 Å². The van der Waals surface area contributed by atoms with E-state index < -0.39 is 0 Å². The number of likely N-dealkylation sites (tertiary alicyclic amines) is 1. The van der Waals surface area contributed by atoms with Crippen molar-refractivity contribution >= 4 is 0 Å². The van der Waals surface area contributed by atoms with Crippen LogP contribution in [0.1, 0.15) is 29.5 Å². The van der Waals surface area contributed by atoms with Gasteiger partial charge in [0.05, 0.1) is 13.7 Å². The summed E-state index contributed by atoms with van der Waals surface area (Å²) in [5, 5.41) is 9.42. The lowest BCUT2D eigenvalue weighted by molar-refractivity contribution is 0.153. The van der Waals surface area contributed by atoms with E-state index in [9.17, 15) is 5.11 Å². The summed E-state index contributed by atoms with van der Waals surface area (Å²) in [7, 11) is 1.70. The summed E-state index contributed by atoms with van der Waals surface area (Å²) in [6.07, 6.45) is 4.42. The molecule has 0 unspecified atom stereocenters. The van der Waals surface area contributed by atoms with Crippen molar-refractivity contribution in [3.63, 3.8) is 0 Å². The second kappa shape index (κ2) is 8.32. The van der Waals surface area contributed by atoms with Gasteiger partial charge in [0.1, 0.15) is 5.75 Å². The smallest absolute Gasteiger partial charge is 0.118 e. The maximum Gasteiger partial charge on any atom is 0.118 e. The van der Waals surface area contributed by atoms with Crippen molar-refractivity contribution in [3.05, 3.63) is 65.2 Å². The first-order valence-electron chi connectivity index (χ1n) is 8.84. The molecule has 3 heteroatoms. The number of aliphatic hydroxyl groups is 1. The van der Waals surface area contributed by atoms with E-state index in [0.717, 1.165) is 38.1 Å². The highest BCUT2D eigenvalue weighted by atomic mass is 16.5. The van der Waals surface area contributed by atoms with Crippen LogP contribution in [0.3, 0.4) is 0 Å². The maximum absolute atomic E-state index is 9.42. The zero-order valence-electron chi connectivity index (χ0n) is 14.4. The molecule has 1 atom stereocenters. The summed E-state index contributed by atoms with van der Waals surface area (Å²) in [6.45, 7) is 2.33. The Kier molecular flexibility index (Phi) is 5.89. The van der Waals surface area contributed by atoms with Crippen LogP contribution < -0.4 is 4.74 Å². The van der Waals surface area contributed by atoms with Gasteiger partial charge in [-0.1, -0.05) is 36.4 Å². The molecule has 3 rings (SSSR count). The minimum atomic E-state index is 0.278. The highest BCUT2D eigenvalue weighted by Gasteiger charge is 2.23. The number of aryl methyl sites for hydroxylation is 2. The summed E-state index contributed by atoms with van der Waals surface area (Å²) < 4.78 is 5.20. The average Bonchev–Trinajstić information content (AvgIpc) is 3.08. The van der Waals surface area contributed by atoms with E-state index in [0.29, 0.717) is 6.04 Å². The van der Waals surface area contributed by atoms with Gasteiger partial charge in [-0.2, -0.15) is 0 Å². The zero-order valence-corrected chi connectivity index (χ0v) is 14.4. The first kappa shape index (κ1) is 17.0. The largest absolute Gasteiger partial charge is 0.497 e. The van der Waals surface area contributed by atoms with Gasteiger partial charge in [0, 0.05) is 12.6 Å². The minimum absolute atomic E-state index is 0.278. The van der Waals surface area contributed by atoms with E-state index >= 15 is 0 Å². The molecule has 0 spiro atoms. The molecule has 1 fully saturated rings. The van der Waals surface area contributed by atoms with E-state index in [1.807, 2.05) is 12.1 Å². The quantitative estimate of drug-likeness (QED) is 0.846. The van der Waals surface area contributed by atoms with Gasteiger partial charge in [0.15, 0.2) is 0 Å². The number of benzene rings is 2. The lowest BCUT2D eigenvalue weighted by Gasteiger charge is -2.22. The maximum atomic E-state index is 9.42. The fourth-order valence-corrected chi connectivity index (χ4v) is 3.44. The van der Waals surface area contributed by atoms with Gasteiger partial charge in [-0.15, -0.1) is 0 Å². The molecule has 2 aromatic carbocycles. The molecule has 24 heavy (non-hydrogen) atoms. The van der Waals surface area contributed by atoms with Gasteiger partial charge in [-0.3, -0.25) is 4.90 Å². The van der Waals surface area contributed by atoms with E-state index in [-0.39, 0.29) is 6.61 Å². The molecule has 0 aromatic heterocycles. The summed E-state index contributed by atoms with van der Waals surface area (Å²) in [5.74, 6) is 0.909. The summed E-state index contributed by atoms with van der Waals surface area (Å²) in [6, 6.07) is 17.6. The molecule has 1 saturated heterocycles. The summed E-state index contributed by atoms with van der Waals surface area (Å²) in [5.41, 5.74) is 4.04. The predicted molar refractivity (Wildman–Crippen MR) is 97.4 cm³/mol. The van der Waals surface area contributed by atoms with Crippen LogP contribution in [-0.2, 0) is 19.4 Å². The third-order valence-electron chi connectivity index (χ3n) is 4.98. The van der Waals surface area contributed by atoms with Crippen LogP contribution in [0.15, 0.2) is 48.5 Å². The highest BCUT2D eigenvalue weighted by Crippen LogP contribution is 2.20. The van der Waals surface area contributed by atoms with Crippen LogP contribution in [0, 0.1) is 0 Å². The molecule has 0 saturated carbocycles. The molecule has 3 nitrogen and oxygen atoms in total. The van der Waals surface area contributed by atoms with Crippen LogP contribution in [0.25, 0.3) is 0 Å². The number of hydrogen-bond acceptors (Lipinski definition) is 3. The highest BCUT2D eigenvalue weighted by molar-refractivity contribution is 5.29. The fourth-order valence-electron chi connectivity index (χ4n) is 3.44. The molecular formula is C21H27NO2. The van der Waals surface area contributed by atoms with E-state index in [1.54, 1.807) is 7.11 Å². The molecule has 0 aliphatic carbocycles. The average molecular weight is 325 g/mol. The van der Waals surface area contributed by atoms with Crippen LogP contribution in [0.2, 0.25) is 0 Å². The Bertz CT molecular complexity index is 621. The lowest BCUT2D eigenvalue weighted by atomic mass is 10.0. The Morgan fingerprint density at radius 3 is 2.12 bits per heavy atom. The third kappa shape index (κ3) is 4.37.